The van der Waals surface area contributed by atoms with Crippen LogP contribution in [0.1, 0.15) is 55.1 Å². The molecule has 2 heterocycles. The second-order valence-electron chi connectivity index (χ2n) is 5.82. The Labute approximate surface area is 123 Å². The molecule has 1 aliphatic rings. The molecule has 4 nitrogen and oxygen atoms in total. The summed E-state index contributed by atoms with van der Waals surface area (Å²) in [6.45, 7) is 4.63. The fourth-order valence-corrected chi connectivity index (χ4v) is 2.49. The van der Waals surface area contributed by atoms with Crippen LogP contribution in [0.15, 0.2) is 12.1 Å². The standard InChI is InChI=1S/C15H21F2N3O/c1-10(2)12-5-4-11(13(18)21)14(19-12)20-8-3-6-15(16,17)7-9-20/h4-5,10H,3,6-9H2,1-2H3,(H2,18,21). The first-order valence-corrected chi connectivity index (χ1v) is 7.24. The minimum atomic E-state index is -2.64. The molecule has 2 rings (SSSR count). The number of amides is 1. The average molecular weight is 297 g/mol. The molecule has 1 saturated heterocycles. The molecular formula is C15H21F2N3O. The number of anilines is 1. The van der Waals surface area contributed by atoms with E-state index in [4.69, 9.17) is 5.73 Å². The minimum Gasteiger partial charge on any atom is -0.365 e. The van der Waals surface area contributed by atoms with E-state index in [0.717, 1.165) is 5.69 Å². The summed E-state index contributed by atoms with van der Waals surface area (Å²) in [4.78, 5) is 17.8. The monoisotopic (exact) mass is 297 g/mol. The van der Waals surface area contributed by atoms with Crippen molar-refractivity contribution in [3.8, 4) is 0 Å². The fraction of sp³-hybridized carbons (Fsp3) is 0.600. The Bertz CT molecular complexity index is 532. The Kier molecular flexibility index (Phi) is 4.44. The van der Waals surface area contributed by atoms with Crippen molar-refractivity contribution in [3.63, 3.8) is 0 Å². The molecule has 0 aromatic carbocycles. The summed E-state index contributed by atoms with van der Waals surface area (Å²) in [6.07, 6.45) is 0.0247. The van der Waals surface area contributed by atoms with Crippen molar-refractivity contribution in [2.75, 3.05) is 18.0 Å². The van der Waals surface area contributed by atoms with E-state index in [1.807, 2.05) is 13.8 Å². The van der Waals surface area contributed by atoms with Crippen LogP contribution in [0, 0.1) is 0 Å². The Morgan fingerprint density at radius 1 is 1.33 bits per heavy atom. The van der Waals surface area contributed by atoms with E-state index < -0.39 is 11.8 Å². The summed E-state index contributed by atoms with van der Waals surface area (Å²) < 4.78 is 27.0. The van der Waals surface area contributed by atoms with Crippen molar-refractivity contribution >= 4 is 11.7 Å². The average Bonchev–Trinajstić information content (AvgIpc) is 2.58. The Morgan fingerprint density at radius 3 is 2.67 bits per heavy atom. The molecule has 116 valence electrons. The third-order valence-electron chi connectivity index (χ3n) is 3.77. The lowest BCUT2D eigenvalue weighted by molar-refractivity contribution is -0.0102. The van der Waals surface area contributed by atoms with E-state index in [-0.39, 0.29) is 25.3 Å². The highest BCUT2D eigenvalue weighted by atomic mass is 19.3. The molecule has 1 fully saturated rings. The number of aromatic nitrogens is 1. The van der Waals surface area contributed by atoms with Crippen LogP contribution in [0.25, 0.3) is 0 Å². The van der Waals surface area contributed by atoms with Crippen molar-refractivity contribution in [3.05, 3.63) is 23.4 Å². The van der Waals surface area contributed by atoms with Crippen LogP contribution in [0.4, 0.5) is 14.6 Å². The highest BCUT2D eigenvalue weighted by Crippen LogP contribution is 2.31. The van der Waals surface area contributed by atoms with Gasteiger partial charge in [0.2, 0.25) is 5.92 Å². The van der Waals surface area contributed by atoms with E-state index in [9.17, 15) is 13.6 Å². The maximum atomic E-state index is 13.5. The predicted octanol–water partition coefficient (Wildman–Crippen LogP) is 2.93. The molecule has 0 bridgehead atoms. The van der Waals surface area contributed by atoms with E-state index in [1.165, 1.54) is 0 Å². The number of pyridine rings is 1. The third-order valence-corrected chi connectivity index (χ3v) is 3.77. The third kappa shape index (κ3) is 3.68. The molecule has 1 aromatic heterocycles. The van der Waals surface area contributed by atoms with Crippen LogP contribution < -0.4 is 10.6 Å². The summed E-state index contributed by atoms with van der Waals surface area (Å²) in [5, 5.41) is 0. The van der Waals surface area contributed by atoms with Crippen LogP contribution >= 0.6 is 0 Å². The zero-order valence-corrected chi connectivity index (χ0v) is 12.4. The zero-order chi connectivity index (χ0) is 15.6. The lowest BCUT2D eigenvalue weighted by Crippen LogP contribution is -2.30. The molecule has 1 aliphatic heterocycles. The first-order valence-electron chi connectivity index (χ1n) is 7.24. The van der Waals surface area contributed by atoms with Gasteiger partial charge in [0.05, 0.1) is 5.56 Å². The number of nitrogens with two attached hydrogens (primary N) is 1. The fourth-order valence-electron chi connectivity index (χ4n) is 2.49. The molecule has 1 amide bonds. The van der Waals surface area contributed by atoms with Crippen molar-refractivity contribution in [1.29, 1.82) is 0 Å². The lowest BCUT2D eigenvalue weighted by atomic mass is 10.1. The number of hydrogen-bond donors (Lipinski definition) is 1. The maximum Gasteiger partial charge on any atom is 0.252 e. The molecule has 2 N–H and O–H groups in total. The SMILES string of the molecule is CC(C)c1ccc(C(N)=O)c(N2CCCC(F)(F)CC2)n1. The topological polar surface area (TPSA) is 59.2 Å². The van der Waals surface area contributed by atoms with Crippen LogP contribution in [-0.4, -0.2) is 29.9 Å². The smallest absolute Gasteiger partial charge is 0.252 e. The number of nitrogens with zero attached hydrogens (tertiary/aromatic N) is 2. The number of alkyl halides is 2. The first kappa shape index (κ1) is 15.7. The second-order valence-corrected chi connectivity index (χ2v) is 5.82. The Hall–Kier alpha value is -1.72. The molecule has 0 spiro atoms. The van der Waals surface area contributed by atoms with E-state index in [1.54, 1.807) is 17.0 Å². The number of carbonyl (C=O) groups is 1. The number of carbonyl (C=O) groups excluding carboxylic acids is 1. The zero-order valence-electron chi connectivity index (χ0n) is 12.4. The highest BCUT2D eigenvalue weighted by Gasteiger charge is 2.33. The molecule has 0 saturated carbocycles. The number of primary amides is 1. The first-order chi connectivity index (χ1) is 9.80. The number of rotatable bonds is 3. The van der Waals surface area contributed by atoms with Crippen LogP contribution in [-0.2, 0) is 0 Å². The van der Waals surface area contributed by atoms with Crippen LogP contribution in [0.5, 0.6) is 0 Å². The second kappa shape index (κ2) is 5.95. The molecule has 0 radical (unpaired) electrons. The number of halogens is 2. The summed E-state index contributed by atoms with van der Waals surface area (Å²) in [5.41, 5.74) is 6.51. The molecule has 0 atom stereocenters. The highest BCUT2D eigenvalue weighted by molar-refractivity contribution is 5.97. The van der Waals surface area contributed by atoms with Gasteiger partial charge >= 0.3 is 0 Å². The van der Waals surface area contributed by atoms with Gasteiger partial charge < -0.3 is 10.6 Å². The summed E-state index contributed by atoms with van der Waals surface area (Å²) in [5.74, 6) is -2.59. The van der Waals surface area contributed by atoms with Crippen LogP contribution in [0.2, 0.25) is 0 Å². The van der Waals surface area contributed by atoms with Crippen LogP contribution in [0.3, 0.4) is 0 Å². The minimum absolute atomic E-state index is 0.126. The normalized spacial score (nSPS) is 18.6. The lowest BCUT2D eigenvalue weighted by Gasteiger charge is -2.24. The van der Waals surface area contributed by atoms with Crippen molar-refractivity contribution in [2.45, 2.75) is 45.0 Å². The van der Waals surface area contributed by atoms with Gasteiger partial charge in [-0.2, -0.15) is 0 Å². The quantitative estimate of drug-likeness (QED) is 0.933. The van der Waals surface area contributed by atoms with Gasteiger partial charge in [0.25, 0.3) is 5.91 Å². The number of hydrogen-bond acceptors (Lipinski definition) is 3. The summed E-state index contributed by atoms with van der Waals surface area (Å²) >= 11 is 0. The largest absolute Gasteiger partial charge is 0.365 e. The van der Waals surface area contributed by atoms with Gasteiger partial charge in [-0.15, -0.1) is 0 Å². The van der Waals surface area contributed by atoms with Gasteiger partial charge in [-0.1, -0.05) is 13.8 Å². The van der Waals surface area contributed by atoms with Gasteiger partial charge in [-0.05, 0) is 24.5 Å². The molecule has 1 aromatic rings. The summed E-state index contributed by atoms with van der Waals surface area (Å²) in [6, 6.07) is 3.41. The molecular weight excluding hydrogens is 276 g/mol. The van der Waals surface area contributed by atoms with Gasteiger partial charge in [0.1, 0.15) is 5.82 Å². The van der Waals surface area contributed by atoms with E-state index in [2.05, 4.69) is 4.98 Å². The van der Waals surface area contributed by atoms with Gasteiger partial charge in [0, 0.05) is 31.6 Å². The molecule has 6 heteroatoms. The Balaban J connectivity index is 2.36. The predicted molar refractivity (Wildman–Crippen MR) is 77.9 cm³/mol. The van der Waals surface area contributed by atoms with E-state index >= 15 is 0 Å². The molecule has 0 unspecified atom stereocenters. The summed E-state index contributed by atoms with van der Waals surface area (Å²) in [7, 11) is 0. The van der Waals surface area contributed by atoms with Gasteiger partial charge in [-0.3, -0.25) is 4.79 Å². The molecule has 0 aliphatic carbocycles. The maximum absolute atomic E-state index is 13.5. The van der Waals surface area contributed by atoms with E-state index in [0.29, 0.717) is 24.3 Å². The van der Waals surface area contributed by atoms with Crippen molar-refractivity contribution < 1.29 is 13.6 Å². The molecule has 21 heavy (non-hydrogen) atoms. The van der Waals surface area contributed by atoms with Gasteiger partial charge in [-0.25, -0.2) is 13.8 Å². The van der Waals surface area contributed by atoms with Gasteiger partial charge in [0.15, 0.2) is 0 Å². The Morgan fingerprint density at radius 2 is 2.05 bits per heavy atom. The van der Waals surface area contributed by atoms with Crippen molar-refractivity contribution in [1.82, 2.24) is 4.98 Å². The van der Waals surface area contributed by atoms with Crippen molar-refractivity contribution in [2.24, 2.45) is 5.73 Å².